The topological polar surface area (TPSA) is 51.1 Å². The van der Waals surface area contributed by atoms with Gasteiger partial charge in [0.15, 0.2) is 0 Å². The van der Waals surface area contributed by atoms with Gasteiger partial charge in [0.1, 0.15) is 4.75 Å². The normalized spacial score (nSPS) is 26.4. The molecule has 1 fully saturated rings. The Morgan fingerprint density at radius 2 is 2.04 bits per heavy atom. The van der Waals surface area contributed by atoms with Gasteiger partial charge in [0.25, 0.3) is 0 Å². The Bertz CT molecular complexity index is 939. The van der Waals surface area contributed by atoms with Crippen LogP contribution in [0, 0.1) is 5.92 Å². The monoisotopic (exact) mass is 378 g/mol. The quantitative estimate of drug-likeness (QED) is 0.889. The summed E-state index contributed by atoms with van der Waals surface area (Å²) in [6.45, 7) is 3.79. The van der Waals surface area contributed by atoms with E-state index in [4.69, 9.17) is 0 Å². The van der Waals surface area contributed by atoms with Crippen molar-refractivity contribution in [1.29, 1.82) is 0 Å². The Morgan fingerprint density at radius 1 is 1.24 bits per heavy atom. The zero-order valence-corrected chi connectivity index (χ0v) is 15.8. The number of aromatic nitrogens is 1. The van der Waals surface area contributed by atoms with Gasteiger partial charge in [-0.05, 0) is 44.4 Å². The third kappa shape index (κ3) is 2.94. The molecule has 1 aromatic heterocycles. The number of allylic oxidation sites excluding steroid dienone is 2. The number of rotatable bonds is 3. The molecule has 2 aromatic rings. The molecule has 25 heavy (non-hydrogen) atoms. The van der Waals surface area contributed by atoms with Crippen LogP contribution in [0.1, 0.15) is 19.8 Å². The molecule has 0 spiro atoms. The fraction of sp³-hybridized carbons (Fsp3) is 0.368. The first-order chi connectivity index (χ1) is 11.5. The van der Waals surface area contributed by atoms with Crippen molar-refractivity contribution in [3.05, 3.63) is 60.3 Å². The van der Waals surface area contributed by atoms with Gasteiger partial charge in [0.2, 0.25) is 10.0 Å². The molecule has 6 heteroatoms. The molecule has 0 radical (unpaired) electrons. The minimum absolute atomic E-state index is 0. The molecule has 0 saturated carbocycles. The number of benzene rings is 1. The summed E-state index contributed by atoms with van der Waals surface area (Å²) in [5, 5.41) is 4.31. The van der Waals surface area contributed by atoms with Crippen molar-refractivity contribution in [1.82, 2.24) is 9.29 Å². The lowest BCUT2D eigenvalue weighted by molar-refractivity contribution is 0.535. The van der Waals surface area contributed by atoms with Crippen molar-refractivity contribution >= 4 is 33.3 Å². The maximum atomic E-state index is 13.4. The largest absolute Gasteiger partial charge is 0.316 e. The SMILES string of the molecule is CC1(S(=O)(=O)n2ccc3ccccc32)C=CC=C(C2CCNC2)C1.Cl. The molecule has 2 unspecified atom stereocenters. The molecule has 1 aliphatic heterocycles. The number of nitrogens with zero attached hydrogens (tertiary/aromatic N) is 1. The van der Waals surface area contributed by atoms with Crippen molar-refractivity contribution in [2.75, 3.05) is 13.1 Å². The number of halogens is 1. The second kappa shape index (κ2) is 6.63. The molecule has 1 N–H and O–H groups in total. The van der Waals surface area contributed by atoms with Gasteiger partial charge in [-0.1, -0.05) is 42.0 Å². The summed E-state index contributed by atoms with van der Waals surface area (Å²) in [6, 6.07) is 9.47. The van der Waals surface area contributed by atoms with Crippen molar-refractivity contribution in [2.45, 2.75) is 24.5 Å². The van der Waals surface area contributed by atoms with Crippen molar-refractivity contribution in [2.24, 2.45) is 5.92 Å². The summed E-state index contributed by atoms with van der Waals surface area (Å²) in [5.41, 5.74) is 1.98. The van der Waals surface area contributed by atoms with Crippen molar-refractivity contribution in [3.8, 4) is 0 Å². The summed E-state index contributed by atoms with van der Waals surface area (Å²) in [7, 11) is -3.54. The van der Waals surface area contributed by atoms with E-state index >= 15 is 0 Å². The Labute approximate surface area is 155 Å². The maximum Gasteiger partial charge on any atom is 0.248 e. The van der Waals surface area contributed by atoms with E-state index in [9.17, 15) is 8.42 Å². The van der Waals surface area contributed by atoms with Crippen LogP contribution in [0.15, 0.2) is 60.3 Å². The number of hydrogen-bond donors (Lipinski definition) is 1. The van der Waals surface area contributed by atoms with Gasteiger partial charge < -0.3 is 5.32 Å². The molecule has 1 saturated heterocycles. The summed E-state index contributed by atoms with van der Waals surface area (Å²) in [5.74, 6) is 0.450. The van der Waals surface area contributed by atoms with E-state index in [-0.39, 0.29) is 12.4 Å². The van der Waals surface area contributed by atoms with E-state index in [2.05, 4.69) is 11.4 Å². The van der Waals surface area contributed by atoms with E-state index in [1.807, 2.05) is 49.4 Å². The van der Waals surface area contributed by atoms with Crippen LogP contribution in [0.25, 0.3) is 10.9 Å². The van der Waals surface area contributed by atoms with Gasteiger partial charge in [0, 0.05) is 18.1 Å². The maximum absolute atomic E-state index is 13.4. The van der Waals surface area contributed by atoms with Crippen LogP contribution >= 0.6 is 12.4 Å². The number of para-hydroxylation sites is 1. The highest BCUT2D eigenvalue weighted by Gasteiger charge is 2.41. The molecular weight excluding hydrogens is 356 g/mol. The molecule has 2 atom stereocenters. The minimum Gasteiger partial charge on any atom is -0.316 e. The van der Waals surface area contributed by atoms with Crippen LogP contribution in [0.3, 0.4) is 0 Å². The molecule has 2 heterocycles. The molecular formula is C19H23ClN2O2S. The Balaban J connectivity index is 0.00000182. The molecule has 0 amide bonds. The highest BCUT2D eigenvalue weighted by Crippen LogP contribution is 2.37. The fourth-order valence-electron chi connectivity index (χ4n) is 3.82. The Morgan fingerprint density at radius 3 is 2.80 bits per heavy atom. The average Bonchev–Trinajstić information content (AvgIpc) is 3.24. The first-order valence-electron chi connectivity index (χ1n) is 8.41. The van der Waals surface area contributed by atoms with Gasteiger partial charge in [-0.3, -0.25) is 0 Å². The standard InChI is InChI=1S/C19H22N2O2S.ClH/c1-19(10-4-6-16(13-19)17-8-11-20-14-17)24(22,23)21-12-9-15-5-2-3-7-18(15)21;/h2-7,9-10,12,17,20H,8,11,13-14H2,1H3;1H. The molecule has 1 aliphatic carbocycles. The summed E-state index contributed by atoms with van der Waals surface area (Å²) in [6.07, 6.45) is 9.17. The molecule has 4 nitrogen and oxygen atoms in total. The lowest BCUT2D eigenvalue weighted by atomic mass is 9.86. The van der Waals surface area contributed by atoms with Crippen LogP contribution < -0.4 is 5.32 Å². The number of hydrogen-bond acceptors (Lipinski definition) is 3. The predicted octanol–water partition coefficient (Wildman–Crippen LogP) is 3.50. The van der Waals surface area contributed by atoms with Gasteiger partial charge in [-0.25, -0.2) is 12.4 Å². The van der Waals surface area contributed by atoms with Crippen LogP contribution in [-0.4, -0.2) is 30.2 Å². The zero-order chi connectivity index (χ0) is 16.8. The molecule has 134 valence electrons. The highest BCUT2D eigenvalue weighted by atomic mass is 35.5. The van der Waals surface area contributed by atoms with Crippen LogP contribution in [0.5, 0.6) is 0 Å². The predicted molar refractivity (Wildman–Crippen MR) is 105 cm³/mol. The summed E-state index contributed by atoms with van der Waals surface area (Å²) >= 11 is 0. The lowest BCUT2D eigenvalue weighted by Crippen LogP contribution is -2.39. The lowest BCUT2D eigenvalue weighted by Gasteiger charge is -2.32. The Kier molecular flexibility index (Phi) is 4.84. The summed E-state index contributed by atoms with van der Waals surface area (Å²) < 4.78 is 27.4. The number of fused-ring (bicyclic) bond motifs is 1. The van der Waals surface area contributed by atoms with Crippen LogP contribution in [-0.2, 0) is 10.0 Å². The highest BCUT2D eigenvalue weighted by molar-refractivity contribution is 7.91. The van der Waals surface area contributed by atoms with Gasteiger partial charge in [-0.15, -0.1) is 12.4 Å². The van der Waals surface area contributed by atoms with Gasteiger partial charge >= 0.3 is 0 Å². The van der Waals surface area contributed by atoms with Crippen LogP contribution in [0.4, 0.5) is 0 Å². The van der Waals surface area contributed by atoms with E-state index in [0.717, 1.165) is 30.4 Å². The average molecular weight is 379 g/mol. The van der Waals surface area contributed by atoms with Gasteiger partial charge in [-0.2, -0.15) is 0 Å². The fourth-order valence-corrected chi connectivity index (χ4v) is 5.51. The molecule has 4 rings (SSSR count). The second-order valence-electron chi connectivity index (χ2n) is 6.96. The third-order valence-corrected chi connectivity index (χ3v) is 7.61. The van der Waals surface area contributed by atoms with Crippen LogP contribution in [0.2, 0.25) is 0 Å². The van der Waals surface area contributed by atoms with E-state index in [1.165, 1.54) is 9.55 Å². The van der Waals surface area contributed by atoms with E-state index < -0.39 is 14.8 Å². The Hall–Kier alpha value is -1.56. The van der Waals surface area contributed by atoms with Crippen molar-refractivity contribution < 1.29 is 8.42 Å². The van der Waals surface area contributed by atoms with Crippen molar-refractivity contribution in [3.63, 3.8) is 0 Å². The zero-order valence-electron chi connectivity index (χ0n) is 14.2. The van der Waals surface area contributed by atoms with E-state index in [1.54, 1.807) is 6.20 Å². The number of nitrogens with one attached hydrogen (secondary N) is 1. The first-order valence-corrected chi connectivity index (χ1v) is 9.85. The molecule has 0 bridgehead atoms. The molecule has 2 aliphatic rings. The second-order valence-corrected chi connectivity index (χ2v) is 9.23. The summed E-state index contributed by atoms with van der Waals surface area (Å²) in [4.78, 5) is 0. The molecule has 1 aromatic carbocycles. The minimum atomic E-state index is -3.54. The smallest absolute Gasteiger partial charge is 0.248 e. The third-order valence-electron chi connectivity index (χ3n) is 5.31. The van der Waals surface area contributed by atoms with Gasteiger partial charge in [0.05, 0.1) is 5.52 Å². The van der Waals surface area contributed by atoms with E-state index in [0.29, 0.717) is 12.3 Å². The first kappa shape index (κ1) is 18.2.